The van der Waals surface area contributed by atoms with Gasteiger partial charge in [0, 0.05) is 32.1 Å². The van der Waals surface area contributed by atoms with Crippen LogP contribution >= 0.6 is 0 Å². The first kappa shape index (κ1) is 21.2. The molecule has 0 saturated carbocycles. The van der Waals surface area contributed by atoms with Crippen LogP contribution in [-0.4, -0.2) is 55.0 Å². The summed E-state index contributed by atoms with van der Waals surface area (Å²) in [6, 6.07) is 0.521. The van der Waals surface area contributed by atoms with Crippen molar-refractivity contribution in [2.75, 3.05) is 26.2 Å². The highest BCUT2D eigenvalue weighted by Crippen LogP contribution is 2.17. The van der Waals surface area contributed by atoms with Crippen molar-refractivity contribution in [1.82, 2.24) is 15.5 Å². The summed E-state index contributed by atoms with van der Waals surface area (Å²) in [5.41, 5.74) is 5.83. The van der Waals surface area contributed by atoms with Crippen molar-refractivity contribution >= 4 is 11.8 Å². The van der Waals surface area contributed by atoms with Gasteiger partial charge in [-0.2, -0.15) is 0 Å². The molecule has 1 aliphatic heterocycles. The molecule has 27 heavy (non-hydrogen) atoms. The first-order valence-electron chi connectivity index (χ1n) is 9.01. The maximum Gasteiger partial charge on any atom is 0.244 e. The predicted octanol–water partition coefficient (Wildman–Crippen LogP) is 0.690. The monoisotopic (exact) mass is 386 g/mol. The van der Waals surface area contributed by atoms with E-state index in [-0.39, 0.29) is 30.2 Å². The number of carbonyl (C=O) groups excluding carboxylic acids is 2. The summed E-state index contributed by atoms with van der Waals surface area (Å²) in [6.07, 6.45) is 0.649. The number of amides is 2. The highest BCUT2D eigenvalue weighted by Gasteiger charge is 2.33. The quantitative estimate of drug-likeness (QED) is 0.453. The molecule has 0 radical (unpaired) electrons. The van der Waals surface area contributed by atoms with E-state index in [2.05, 4.69) is 10.6 Å². The van der Waals surface area contributed by atoms with E-state index in [0.717, 1.165) is 25.1 Å². The summed E-state index contributed by atoms with van der Waals surface area (Å²) in [7, 11) is 0. The molecule has 150 valence electrons. The Labute approximate surface area is 156 Å². The Bertz CT molecular complexity index is 687. The third kappa shape index (κ3) is 5.43. The van der Waals surface area contributed by atoms with E-state index >= 15 is 0 Å². The van der Waals surface area contributed by atoms with Gasteiger partial charge in [-0.15, -0.1) is 0 Å². The van der Waals surface area contributed by atoms with Gasteiger partial charge < -0.3 is 21.3 Å². The average molecular weight is 386 g/mol. The fourth-order valence-corrected chi connectivity index (χ4v) is 3.05. The number of nitrogens with zero attached hydrogens (tertiary/aromatic N) is 1. The van der Waals surface area contributed by atoms with Gasteiger partial charge in [-0.05, 0) is 31.0 Å². The van der Waals surface area contributed by atoms with Crippen LogP contribution < -0.4 is 16.4 Å². The van der Waals surface area contributed by atoms with E-state index < -0.39 is 29.5 Å². The largest absolute Gasteiger partial charge is 0.352 e. The van der Waals surface area contributed by atoms with Crippen LogP contribution in [0.4, 0.5) is 13.2 Å². The molecule has 0 aliphatic carbocycles. The highest BCUT2D eigenvalue weighted by atomic mass is 19.2. The molecule has 0 spiro atoms. The second-order valence-corrected chi connectivity index (χ2v) is 6.60. The number of piperazine rings is 1. The Hall–Kier alpha value is -2.13. The van der Waals surface area contributed by atoms with E-state index in [9.17, 15) is 22.8 Å². The number of carbonyl (C=O) groups is 2. The average Bonchev–Trinajstić information content (AvgIpc) is 2.63. The van der Waals surface area contributed by atoms with Crippen molar-refractivity contribution in [1.29, 1.82) is 0 Å². The van der Waals surface area contributed by atoms with Gasteiger partial charge in [-0.1, -0.05) is 13.0 Å². The highest BCUT2D eigenvalue weighted by molar-refractivity contribution is 5.89. The van der Waals surface area contributed by atoms with Gasteiger partial charge in [0.1, 0.15) is 6.04 Å². The molecular weight excluding hydrogens is 361 g/mol. The Morgan fingerprint density at radius 2 is 2.11 bits per heavy atom. The lowest BCUT2D eigenvalue weighted by Gasteiger charge is -2.35. The van der Waals surface area contributed by atoms with E-state index in [1.54, 1.807) is 0 Å². The minimum atomic E-state index is -1.55. The molecule has 1 aromatic carbocycles. The summed E-state index contributed by atoms with van der Waals surface area (Å²) < 4.78 is 40.1. The Morgan fingerprint density at radius 1 is 1.37 bits per heavy atom. The number of rotatable bonds is 8. The van der Waals surface area contributed by atoms with Crippen molar-refractivity contribution in [2.45, 2.75) is 38.3 Å². The van der Waals surface area contributed by atoms with Gasteiger partial charge in [-0.3, -0.25) is 9.59 Å². The maximum absolute atomic E-state index is 13.8. The molecule has 0 bridgehead atoms. The normalized spacial score (nSPS) is 18.3. The summed E-state index contributed by atoms with van der Waals surface area (Å²) in [5.74, 6) is -4.69. The van der Waals surface area contributed by atoms with Gasteiger partial charge in [0.15, 0.2) is 17.5 Å². The first-order chi connectivity index (χ1) is 12.8. The molecule has 9 heteroatoms. The second kappa shape index (κ2) is 9.70. The molecule has 2 rings (SSSR count). The number of hydrogen-bond donors (Lipinski definition) is 3. The Kier molecular flexibility index (Phi) is 7.61. The van der Waals surface area contributed by atoms with Crippen LogP contribution in [0, 0.1) is 17.5 Å². The second-order valence-electron chi connectivity index (χ2n) is 6.60. The maximum atomic E-state index is 13.8. The van der Waals surface area contributed by atoms with Crippen molar-refractivity contribution in [3.8, 4) is 0 Å². The zero-order chi connectivity index (χ0) is 20.0. The van der Waals surface area contributed by atoms with Crippen LogP contribution in [0.1, 0.15) is 25.3 Å². The van der Waals surface area contributed by atoms with Gasteiger partial charge in [0.25, 0.3) is 0 Å². The lowest BCUT2D eigenvalue weighted by atomic mass is 10.0. The molecule has 1 saturated heterocycles. The fourth-order valence-electron chi connectivity index (χ4n) is 3.05. The van der Waals surface area contributed by atoms with Crippen molar-refractivity contribution in [3.05, 3.63) is 35.1 Å². The van der Waals surface area contributed by atoms with Crippen LogP contribution in [-0.2, 0) is 16.0 Å². The molecule has 1 aromatic rings. The molecular formula is C18H25F3N4O2. The fraction of sp³-hybridized carbons (Fsp3) is 0.556. The van der Waals surface area contributed by atoms with Gasteiger partial charge >= 0.3 is 0 Å². The van der Waals surface area contributed by atoms with Crippen molar-refractivity contribution in [3.63, 3.8) is 0 Å². The minimum Gasteiger partial charge on any atom is -0.352 e. The smallest absolute Gasteiger partial charge is 0.244 e. The van der Waals surface area contributed by atoms with Gasteiger partial charge in [0.05, 0.1) is 0 Å². The summed E-state index contributed by atoms with van der Waals surface area (Å²) in [6.45, 7) is 3.75. The predicted molar refractivity (Wildman–Crippen MR) is 94.3 cm³/mol. The summed E-state index contributed by atoms with van der Waals surface area (Å²) in [5, 5.41) is 5.84. The molecule has 1 heterocycles. The number of nitrogens with one attached hydrogen (secondary N) is 2. The van der Waals surface area contributed by atoms with E-state index in [1.807, 2.05) is 6.92 Å². The molecule has 2 unspecified atom stereocenters. The zero-order valence-electron chi connectivity index (χ0n) is 15.2. The van der Waals surface area contributed by atoms with Crippen LogP contribution in [0.25, 0.3) is 0 Å². The molecule has 2 amide bonds. The zero-order valence-corrected chi connectivity index (χ0v) is 15.2. The Morgan fingerprint density at radius 3 is 2.81 bits per heavy atom. The number of halogens is 3. The first-order valence-corrected chi connectivity index (χ1v) is 9.01. The number of nitrogens with two attached hydrogens (primary N) is 1. The lowest BCUT2D eigenvalue weighted by Crippen LogP contribution is -2.60. The molecule has 6 nitrogen and oxygen atoms in total. The Balaban J connectivity index is 1.99. The van der Waals surface area contributed by atoms with Gasteiger partial charge in [0.2, 0.25) is 11.8 Å². The molecule has 1 fully saturated rings. The minimum absolute atomic E-state index is 0.0910. The van der Waals surface area contributed by atoms with Gasteiger partial charge in [-0.25, -0.2) is 13.2 Å². The van der Waals surface area contributed by atoms with Crippen molar-refractivity contribution in [2.24, 2.45) is 5.73 Å². The van der Waals surface area contributed by atoms with Crippen LogP contribution in [0.2, 0.25) is 0 Å². The van der Waals surface area contributed by atoms with E-state index in [1.165, 1.54) is 4.90 Å². The molecule has 0 aromatic heterocycles. The topological polar surface area (TPSA) is 87.5 Å². The van der Waals surface area contributed by atoms with Crippen molar-refractivity contribution < 1.29 is 22.8 Å². The molecule has 4 N–H and O–H groups in total. The number of hydrogen-bond acceptors (Lipinski definition) is 4. The van der Waals surface area contributed by atoms with E-state index in [4.69, 9.17) is 5.73 Å². The molecule has 2 atom stereocenters. The number of benzene rings is 1. The lowest BCUT2D eigenvalue weighted by molar-refractivity contribution is -0.143. The molecule has 1 aliphatic rings. The van der Waals surface area contributed by atoms with Crippen LogP contribution in [0.5, 0.6) is 0 Å². The van der Waals surface area contributed by atoms with Crippen LogP contribution in [0.3, 0.4) is 0 Å². The van der Waals surface area contributed by atoms with E-state index in [0.29, 0.717) is 19.6 Å². The summed E-state index contributed by atoms with van der Waals surface area (Å²) >= 11 is 0. The standard InChI is InChI=1S/C18H25F3N4O2/c1-2-5-23-10-14-18(27)24-6-7-25(14)15(26)9-12(22)8-11-3-4-13(19)17(21)16(11)20/h3-4,12,14,23H,2,5-10,22H2,1H3,(H,24,27). The third-order valence-corrected chi connectivity index (χ3v) is 4.45. The summed E-state index contributed by atoms with van der Waals surface area (Å²) in [4.78, 5) is 26.2. The van der Waals surface area contributed by atoms with Crippen LogP contribution in [0.15, 0.2) is 12.1 Å². The third-order valence-electron chi connectivity index (χ3n) is 4.45. The SMILES string of the molecule is CCCNCC1C(=O)NCCN1C(=O)CC(N)Cc1ccc(F)c(F)c1F.